The molecule has 2 nitrogen and oxygen atoms in total. The molecule has 0 aromatic carbocycles. The van der Waals surface area contributed by atoms with Crippen molar-refractivity contribution in [3.63, 3.8) is 0 Å². The lowest BCUT2D eigenvalue weighted by Gasteiger charge is -2.39. The maximum absolute atomic E-state index is 3.77. The topological polar surface area (TPSA) is 15.3 Å². The monoisotopic (exact) mass is 282 g/mol. The summed E-state index contributed by atoms with van der Waals surface area (Å²) < 4.78 is 0. The molecule has 1 saturated carbocycles. The van der Waals surface area contributed by atoms with Crippen molar-refractivity contribution in [3.05, 3.63) is 0 Å². The van der Waals surface area contributed by atoms with E-state index in [9.17, 15) is 0 Å². The van der Waals surface area contributed by atoms with Crippen LogP contribution < -0.4 is 5.32 Å². The summed E-state index contributed by atoms with van der Waals surface area (Å²) >= 11 is 0. The van der Waals surface area contributed by atoms with Gasteiger partial charge in [0.25, 0.3) is 0 Å². The summed E-state index contributed by atoms with van der Waals surface area (Å²) in [5, 5.41) is 3.77. The number of hydrogen-bond donors (Lipinski definition) is 1. The molecule has 0 amide bonds. The summed E-state index contributed by atoms with van der Waals surface area (Å²) in [4.78, 5) is 2.84. The molecular formula is C18H38N2. The Morgan fingerprint density at radius 2 is 1.75 bits per heavy atom. The van der Waals surface area contributed by atoms with Gasteiger partial charge in [-0.05, 0) is 58.0 Å². The third-order valence-electron chi connectivity index (χ3n) is 4.96. The van der Waals surface area contributed by atoms with Gasteiger partial charge in [0.1, 0.15) is 0 Å². The second-order valence-electron chi connectivity index (χ2n) is 7.07. The molecule has 2 heteroatoms. The summed E-state index contributed by atoms with van der Waals surface area (Å²) in [6.07, 6.45) is 9.54. The van der Waals surface area contributed by atoms with Gasteiger partial charge >= 0.3 is 0 Å². The highest BCUT2D eigenvalue weighted by Crippen LogP contribution is 2.27. The molecule has 0 radical (unpaired) electrons. The van der Waals surface area contributed by atoms with Crippen LogP contribution in [0.2, 0.25) is 0 Å². The fourth-order valence-corrected chi connectivity index (χ4v) is 3.58. The maximum Gasteiger partial charge on any atom is 0.0223 e. The van der Waals surface area contributed by atoms with Crippen LogP contribution in [0, 0.1) is 5.92 Å². The average Bonchev–Trinajstić information content (AvgIpc) is 2.93. The number of nitrogens with zero attached hydrogens (tertiary/aromatic N) is 1. The standard InChI is InChI=1S/C18H38N2/c1-6-13-19-18(7-2)16(5)20(14-12-15(3)4)17-10-8-9-11-17/h15-19H,6-14H2,1-5H3. The first-order valence-electron chi connectivity index (χ1n) is 9.09. The molecule has 2 atom stereocenters. The predicted octanol–water partition coefficient (Wildman–Crippen LogP) is 4.44. The van der Waals surface area contributed by atoms with E-state index in [1.54, 1.807) is 0 Å². The van der Waals surface area contributed by atoms with Crippen molar-refractivity contribution in [2.75, 3.05) is 13.1 Å². The van der Waals surface area contributed by atoms with Gasteiger partial charge in [0.2, 0.25) is 0 Å². The fraction of sp³-hybridized carbons (Fsp3) is 1.00. The third kappa shape index (κ3) is 5.73. The predicted molar refractivity (Wildman–Crippen MR) is 90.3 cm³/mol. The summed E-state index contributed by atoms with van der Waals surface area (Å²) in [6, 6.07) is 2.18. The summed E-state index contributed by atoms with van der Waals surface area (Å²) in [6.45, 7) is 14.2. The molecule has 0 spiro atoms. The summed E-state index contributed by atoms with van der Waals surface area (Å²) in [7, 11) is 0. The van der Waals surface area contributed by atoms with Gasteiger partial charge in [0, 0.05) is 18.1 Å². The Labute approximate surface area is 127 Å². The minimum Gasteiger partial charge on any atom is -0.312 e. The molecule has 2 unspecified atom stereocenters. The highest BCUT2D eigenvalue weighted by Gasteiger charge is 2.29. The van der Waals surface area contributed by atoms with Crippen molar-refractivity contribution in [2.24, 2.45) is 5.92 Å². The largest absolute Gasteiger partial charge is 0.312 e. The van der Waals surface area contributed by atoms with E-state index in [4.69, 9.17) is 0 Å². The van der Waals surface area contributed by atoms with Crippen LogP contribution in [-0.4, -0.2) is 36.1 Å². The van der Waals surface area contributed by atoms with Crippen molar-refractivity contribution < 1.29 is 0 Å². The quantitative estimate of drug-likeness (QED) is 0.637. The average molecular weight is 283 g/mol. The van der Waals surface area contributed by atoms with E-state index in [1.807, 2.05) is 0 Å². The zero-order chi connectivity index (χ0) is 15.0. The highest BCUT2D eigenvalue weighted by atomic mass is 15.2. The van der Waals surface area contributed by atoms with Crippen LogP contribution in [0.25, 0.3) is 0 Å². The van der Waals surface area contributed by atoms with E-state index in [-0.39, 0.29) is 0 Å². The minimum absolute atomic E-state index is 0.655. The summed E-state index contributed by atoms with van der Waals surface area (Å²) in [5.74, 6) is 0.815. The van der Waals surface area contributed by atoms with Gasteiger partial charge in [0.15, 0.2) is 0 Å². The first kappa shape index (κ1) is 18.0. The van der Waals surface area contributed by atoms with E-state index in [1.165, 1.54) is 51.5 Å². The fourth-order valence-electron chi connectivity index (χ4n) is 3.58. The molecule has 0 aromatic heterocycles. The Balaban J connectivity index is 2.62. The first-order valence-corrected chi connectivity index (χ1v) is 9.09. The van der Waals surface area contributed by atoms with Gasteiger partial charge in [-0.25, -0.2) is 0 Å². The van der Waals surface area contributed by atoms with E-state index in [0.717, 1.165) is 18.5 Å². The number of hydrogen-bond acceptors (Lipinski definition) is 2. The molecule has 1 fully saturated rings. The second-order valence-corrected chi connectivity index (χ2v) is 7.07. The Morgan fingerprint density at radius 1 is 1.10 bits per heavy atom. The molecular weight excluding hydrogens is 244 g/mol. The molecule has 1 rings (SSSR count). The van der Waals surface area contributed by atoms with Crippen LogP contribution in [0.1, 0.15) is 79.6 Å². The minimum atomic E-state index is 0.655. The zero-order valence-electron chi connectivity index (χ0n) is 14.6. The van der Waals surface area contributed by atoms with Gasteiger partial charge in [-0.15, -0.1) is 0 Å². The van der Waals surface area contributed by atoms with E-state index >= 15 is 0 Å². The van der Waals surface area contributed by atoms with E-state index < -0.39 is 0 Å². The molecule has 0 bridgehead atoms. The van der Waals surface area contributed by atoms with Crippen LogP contribution in [0.3, 0.4) is 0 Å². The Morgan fingerprint density at radius 3 is 2.25 bits per heavy atom. The van der Waals surface area contributed by atoms with Crippen molar-refractivity contribution in [2.45, 2.75) is 97.7 Å². The van der Waals surface area contributed by atoms with Gasteiger partial charge in [-0.2, -0.15) is 0 Å². The molecule has 1 N–H and O–H groups in total. The Hall–Kier alpha value is -0.0800. The highest BCUT2D eigenvalue weighted by molar-refractivity contribution is 4.87. The van der Waals surface area contributed by atoms with Gasteiger partial charge in [0.05, 0.1) is 0 Å². The molecule has 0 aliphatic heterocycles. The molecule has 1 aliphatic carbocycles. The molecule has 20 heavy (non-hydrogen) atoms. The van der Waals surface area contributed by atoms with Gasteiger partial charge in [-0.3, -0.25) is 4.90 Å². The van der Waals surface area contributed by atoms with Crippen LogP contribution in [-0.2, 0) is 0 Å². The Bertz CT molecular complexity index is 234. The number of rotatable bonds is 10. The van der Waals surface area contributed by atoms with Crippen molar-refractivity contribution in [3.8, 4) is 0 Å². The second kappa shape index (κ2) is 9.78. The lowest BCUT2D eigenvalue weighted by atomic mass is 10.0. The lowest BCUT2D eigenvalue weighted by Crippen LogP contribution is -2.52. The Kier molecular flexibility index (Phi) is 8.79. The van der Waals surface area contributed by atoms with Gasteiger partial charge < -0.3 is 5.32 Å². The molecule has 120 valence electrons. The van der Waals surface area contributed by atoms with Crippen molar-refractivity contribution in [1.82, 2.24) is 10.2 Å². The molecule has 0 saturated heterocycles. The molecule has 1 aliphatic rings. The van der Waals surface area contributed by atoms with Crippen molar-refractivity contribution in [1.29, 1.82) is 0 Å². The van der Waals surface area contributed by atoms with Crippen LogP contribution in [0.15, 0.2) is 0 Å². The summed E-state index contributed by atoms with van der Waals surface area (Å²) in [5.41, 5.74) is 0. The smallest absolute Gasteiger partial charge is 0.0223 e. The van der Waals surface area contributed by atoms with Gasteiger partial charge in [-0.1, -0.05) is 40.5 Å². The normalized spacial score (nSPS) is 19.9. The lowest BCUT2D eigenvalue weighted by molar-refractivity contribution is 0.108. The zero-order valence-corrected chi connectivity index (χ0v) is 14.6. The van der Waals surface area contributed by atoms with Crippen LogP contribution in [0.5, 0.6) is 0 Å². The van der Waals surface area contributed by atoms with E-state index in [2.05, 4.69) is 44.8 Å². The number of nitrogens with one attached hydrogen (secondary N) is 1. The van der Waals surface area contributed by atoms with Crippen LogP contribution in [0.4, 0.5) is 0 Å². The van der Waals surface area contributed by atoms with Crippen molar-refractivity contribution >= 4 is 0 Å². The molecule has 0 aromatic rings. The third-order valence-corrected chi connectivity index (χ3v) is 4.96. The first-order chi connectivity index (χ1) is 9.60. The molecule has 0 heterocycles. The maximum atomic E-state index is 3.77. The van der Waals surface area contributed by atoms with Crippen LogP contribution >= 0.6 is 0 Å². The SMILES string of the molecule is CCCNC(CC)C(C)N(CCC(C)C)C1CCCC1. The van der Waals surface area contributed by atoms with E-state index in [0.29, 0.717) is 12.1 Å².